The maximum atomic E-state index is 13.4. The van der Waals surface area contributed by atoms with E-state index in [1.165, 1.54) is 11.8 Å². The first-order valence-electron chi connectivity index (χ1n) is 10.3. The highest BCUT2D eigenvalue weighted by Crippen LogP contribution is 2.32. The normalized spacial score (nSPS) is 14.1. The van der Waals surface area contributed by atoms with Crippen LogP contribution in [0.5, 0.6) is 11.5 Å². The lowest BCUT2D eigenvalue weighted by Crippen LogP contribution is -2.52. The third-order valence-corrected chi connectivity index (χ3v) is 6.41. The molecular formula is C24H23N3O5S. The number of rotatable bonds is 6. The van der Waals surface area contributed by atoms with Crippen LogP contribution in [0, 0.1) is 0 Å². The molecule has 0 saturated heterocycles. The Morgan fingerprint density at radius 3 is 2.24 bits per heavy atom. The number of nitrogens with zero attached hydrogens (tertiary/aromatic N) is 2. The molecule has 0 bridgehead atoms. The number of fused-ring (bicyclic) bond motifs is 1. The minimum Gasteiger partial charge on any atom is -0.457 e. The molecule has 2 amide bonds. The van der Waals surface area contributed by atoms with Crippen LogP contribution in [0.25, 0.3) is 0 Å². The van der Waals surface area contributed by atoms with Gasteiger partial charge in [-0.2, -0.15) is 0 Å². The number of para-hydroxylation sites is 3. The van der Waals surface area contributed by atoms with E-state index < -0.39 is 22.0 Å². The standard InChI is InChI=1S/C24H23N3O5S/c1-17(24(29)26-16-23(28)25-21-10-6-7-11-22(21)26)27(33(2,30)31)18-12-14-20(15-13-18)32-19-8-4-3-5-9-19/h3-15,17H,16H2,1-2H3,(H,25,28)/t17-/m0/s1. The molecule has 1 N–H and O–H groups in total. The zero-order chi connectivity index (χ0) is 23.6. The van der Waals surface area contributed by atoms with Crippen LogP contribution in [0.2, 0.25) is 0 Å². The van der Waals surface area contributed by atoms with Crippen molar-refractivity contribution < 1.29 is 22.7 Å². The van der Waals surface area contributed by atoms with Crippen LogP contribution in [0.15, 0.2) is 78.9 Å². The van der Waals surface area contributed by atoms with Gasteiger partial charge in [-0.1, -0.05) is 30.3 Å². The van der Waals surface area contributed by atoms with Gasteiger partial charge in [-0.15, -0.1) is 0 Å². The van der Waals surface area contributed by atoms with Crippen molar-refractivity contribution >= 4 is 38.9 Å². The van der Waals surface area contributed by atoms with Gasteiger partial charge in [0.15, 0.2) is 0 Å². The lowest BCUT2D eigenvalue weighted by molar-refractivity contribution is -0.122. The second-order valence-corrected chi connectivity index (χ2v) is 9.49. The summed E-state index contributed by atoms with van der Waals surface area (Å²) in [6, 6.07) is 21.5. The van der Waals surface area contributed by atoms with Gasteiger partial charge in [0, 0.05) is 0 Å². The van der Waals surface area contributed by atoms with E-state index in [4.69, 9.17) is 4.74 Å². The molecule has 0 spiro atoms. The number of hydrogen-bond acceptors (Lipinski definition) is 5. The molecule has 3 aromatic carbocycles. The van der Waals surface area contributed by atoms with E-state index >= 15 is 0 Å². The average Bonchev–Trinajstić information content (AvgIpc) is 2.79. The Labute approximate surface area is 192 Å². The van der Waals surface area contributed by atoms with Crippen molar-refractivity contribution in [3.63, 3.8) is 0 Å². The fourth-order valence-electron chi connectivity index (χ4n) is 3.74. The summed E-state index contributed by atoms with van der Waals surface area (Å²) in [5, 5.41) is 2.72. The Hall–Kier alpha value is -3.85. The number of carbonyl (C=O) groups is 2. The highest BCUT2D eigenvalue weighted by molar-refractivity contribution is 7.92. The van der Waals surface area contributed by atoms with E-state index in [1.54, 1.807) is 48.5 Å². The summed E-state index contributed by atoms with van der Waals surface area (Å²) in [5.41, 5.74) is 1.34. The number of sulfonamides is 1. The molecule has 170 valence electrons. The van der Waals surface area contributed by atoms with E-state index in [1.807, 2.05) is 30.3 Å². The third kappa shape index (κ3) is 4.83. The summed E-state index contributed by atoms with van der Waals surface area (Å²) in [6.07, 6.45) is 1.04. The van der Waals surface area contributed by atoms with Crippen molar-refractivity contribution in [2.45, 2.75) is 13.0 Å². The fourth-order valence-corrected chi connectivity index (χ4v) is 4.91. The molecule has 1 atom stereocenters. The topological polar surface area (TPSA) is 96.0 Å². The molecular weight excluding hydrogens is 442 g/mol. The smallest absolute Gasteiger partial charge is 0.251 e. The summed E-state index contributed by atoms with van der Waals surface area (Å²) < 4.78 is 32.2. The SMILES string of the molecule is C[C@@H](C(=O)N1CC(=O)Nc2ccccc21)N(c1ccc(Oc2ccccc2)cc1)S(C)(=O)=O. The van der Waals surface area contributed by atoms with Crippen LogP contribution in [-0.4, -0.2) is 39.1 Å². The molecule has 1 aliphatic heterocycles. The van der Waals surface area contributed by atoms with Crippen molar-refractivity contribution in [2.75, 3.05) is 27.3 Å². The van der Waals surface area contributed by atoms with Crippen LogP contribution in [-0.2, 0) is 19.6 Å². The largest absolute Gasteiger partial charge is 0.457 e. The molecule has 0 aromatic heterocycles. The average molecular weight is 466 g/mol. The predicted octanol–water partition coefficient (Wildman–Crippen LogP) is 3.62. The van der Waals surface area contributed by atoms with Gasteiger partial charge in [-0.3, -0.25) is 18.8 Å². The molecule has 0 aliphatic carbocycles. The molecule has 9 heteroatoms. The zero-order valence-corrected chi connectivity index (χ0v) is 19.0. The number of nitrogens with one attached hydrogen (secondary N) is 1. The van der Waals surface area contributed by atoms with E-state index in [9.17, 15) is 18.0 Å². The van der Waals surface area contributed by atoms with Crippen LogP contribution >= 0.6 is 0 Å². The van der Waals surface area contributed by atoms with E-state index in [2.05, 4.69) is 5.32 Å². The molecule has 8 nitrogen and oxygen atoms in total. The first-order valence-corrected chi connectivity index (χ1v) is 12.1. The predicted molar refractivity (Wildman–Crippen MR) is 127 cm³/mol. The quantitative estimate of drug-likeness (QED) is 0.600. The van der Waals surface area contributed by atoms with Gasteiger partial charge >= 0.3 is 0 Å². The lowest BCUT2D eigenvalue weighted by Gasteiger charge is -2.35. The number of carbonyl (C=O) groups excluding carboxylic acids is 2. The van der Waals surface area contributed by atoms with Crippen molar-refractivity contribution in [1.29, 1.82) is 0 Å². The molecule has 33 heavy (non-hydrogen) atoms. The molecule has 0 fully saturated rings. The highest BCUT2D eigenvalue weighted by Gasteiger charge is 2.35. The first-order chi connectivity index (χ1) is 15.7. The number of anilines is 3. The Balaban J connectivity index is 1.62. The van der Waals surface area contributed by atoms with Crippen molar-refractivity contribution in [1.82, 2.24) is 0 Å². The van der Waals surface area contributed by atoms with E-state index in [0.29, 0.717) is 28.6 Å². The summed E-state index contributed by atoms with van der Waals surface area (Å²) in [4.78, 5) is 26.8. The Morgan fingerprint density at radius 1 is 0.970 bits per heavy atom. The summed E-state index contributed by atoms with van der Waals surface area (Å²) in [5.74, 6) is 0.324. The summed E-state index contributed by atoms with van der Waals surface area (Å²) >= 11 is 0. The van der Waals surface area contributed by atoms with Gasteiger partial charge in [0.2, 0.25) is 15.9 Å². The first kappa shape index (κ1) is 22.3. The monoisotopic (exact) mass is 465 g/mol. The van der Waals surface area contributed by atoms with E-state index in [-0.39, 0.29) is 12.5 Å². The molecule has 3 aromatic rings. The molecule has 0 radical (unpaired) electrons. The van der Waals surface area contributed by atoms with Crippen LogP contribution in [0.1, 0.15) is 6.92 Å². The van der Waals surface area contributed by atoms with Crippen molar-refractivity contribution in [3.05, 3.63) is 78.9 Å². The minimum atomic E-state index is -3.82. The van der Waals surface area contributed by atoms with E-state index in [0.717, 1.165) is 10.6 Å². The molecule has 0 saturated carbocycles. The van der Waals surface area contributed by atoms with Crippen LogP contribution in [0.4, 0.5) is 17.1 Å². The van der Waals surface area contributed by atoms with Crippen molar-refractivity contribution in [3.8, 4) is 11.5 Å². The fraction of sp³-hybridized carbons (Fsp3) is 0.167. The van der Waals surface area contributed by atoms with Crippen LogP contribution in [0.3, 0.4) is 0 Å². The van der Waals surface area contributed by atoms with Crippen molar-refractivity contribution in [2.24, 2.45) is 0 Å². The van der Waals surface area contributed by atoms with Crippen LogP contribution < -0.4 is 19.3 Å². The molecule has 1 aliphatic rings. The lowest BCUT2D eigenvalue weighted by atomic mass is 10.1. The maximum absolute atomic E-state index is 13.4. The van der Waals surface area contributed by atoms with Gasteiger partial charge in [0.1, 0.15) is 24.1 Å². The van der Waals surface area contributed by atoms with Gasteiger partial charge in [0.05, 0.1) is 23.3 Å². The summed E-state index contributed by atoms with van der Waals surface area (Å²) in [7, 11) is -3.82. The second kappa shape index (κ2) is 8.95. The summed E-state index contributed by atoms with van der Waals surface area (Å²) in [6.45, 7) is 1.31. The zero-order valence-electron chi connectivity index (χ0n) is 18.1. The second-order valence-electron chi connectivity index (χ2n) is 7.63. The number of hydrogen-bond donors (Lipinski definition) is 1. The Kier molecular flexibility index (Phi) is 6.06. The van der Waals surface area contributed by atoms with Gasteiger partial charge in [-0.25, -0.2) is 8.42 Å². The van der Waals surface area contributed by atoms with Gasteiger partial charge in [0.25, 0.3) is 5.91 Å². The Bertz CT molecular complexity index is 1280. The maximum Gasteiger partial charge on any atom is 0.251 e. The third-order valence-electron chi connectivity index (χ3n) is 5.17. The highest BCUT2D eigenvalue weighted by atomic mass is 32.2. The number of ether oxygens (including phenoxy) is 1. The molecule has 1 heterocycles. The van der Waals surface area contributed by atoms with Gasteiger partial charge < -0.3 is 10.1 Å². The number of amides is 2. The number of benzene rings is 3. The minimum absolute atomic E-state index is 0.193. The Morgan fingerprint density at radius 2 is 1.58 bits per heavy atom. The van der Waals surface area contributed by atoms with Gasteiger partial charge in [-0.05, 0) is 55.5 Å². The molecule has 4 rings (SSSR count). The molecule has 0 unspecified atom stereocenters.